The lowest BCUT2D eigenvalue weighted by atomic mass is 10.1. The van der Waals surface area contributed by atoms with Gasteiger partial charge in [0, 0.05) is 0 Å². The van der Waals surface area contributed by atoms with Gasteiger partial charge in [-0.2, -0.15) is 8.42 Å². The number of phosphoric acid groups is 1. The molecule has 15 heteroatoms. The van der Waals surface area contributed by atoms with Gasteiger partial charge in [-0.1, -0.05) is 53.7 Å². The summed E-state index contributed by atoms with van der Waals surface area (Å²) in [5, 5.41) is 1.55. The smallest absolute Gasteiger partial charge is 0.475 e. The van der Waals surface area contributed by atoms with E-state index >= 15 is 0 Å². The van der Waals surface area contributed by atoms with Crippen LogP contribution in [0.15, 0.2) is 48.5 Å². The maximum absolute atomic E-state index is 13.0. The molecule has 0 radical (unpaired) electrons. The van der Waals surface area contributed by atoms with Crippen molar-refractivity contribution in [1.29, 1.82) is 0 Å². The van der Waals surface area contributed by atoms with E-state index in [1.807, 2.05) is 43.3 Å². The highest BCUT2D eigenvalue weighted by atomic mass is 32.3. The van der Waals surface area contributed by atoms with Gasteiger partial charge >= 0.3 is 18.2 Å². The number of rotatable bonds is 12. The van der Waals surface area contributed by atoms with Crippen LogP contribution in [-0.4, -0.2) is 53.7 Å². The Labute approximate surface area is 225 Å². The van der Waals surface area contributed by atoms with E-state index in [2.05, 4.69) is 5.32 Å². The Bertz CT molecular complexity index is 1200. The minimum atomic E-state index is -4.67. The molecular weight excluding hydrogens is 561 g/mol. The monoisotopic (exact) mass is 591 g/mol. The molecule has 0 spiro atoms. The zero-order chi connectivity index (χ0) is 28.3. The highest BCUT2D eigenvalue weighted by Gasteiger charge is 2.32. The van der Waals surface area contributed by atoms with Crippen LogP contribution in [0.4, 0.5) is 4.79 Å². The van der Waals surface area contributed by atoms with E-state index in [4.69, 9.17) is 35.8 Å². The largest absolute Gasteiger partial charge is 0.491 e. The lowest BCUT2D eigenvalue weighted by Gasteiger charge is -2.24. The number of amides is 2. The van der Waals surface area contributed by atoms with E-state index < -0.39 is 29.6 Å². The molecule has 38 heavy (non-hydrogen) atoms. The average Bonchev–Trinajstić information content (AvgIpc) is 3.13. The van der Waals surface area contributed by atoms with Crippen molar-refractivity contribution in [3.8, 4) is 5.75 Å². The number of nitrogens with one attached hydrogen (secondary N) is 1. The molecule has 3 N–H and O–H groups in total. The van der Waals surface area contributed by atoms with Gasteiger partial charge in [0.2, 0.25) is 5.91 Å². The first-order valence-corrected chi connectivity index (χ1v) is 15.1. The van der Waals surface area contributed by atoms with Gasteiger partial charge in [-0.25, -0.2) is 4.57 Å². The lowest BCUT2D eigenvalue weighted by Crippen LogP contribution is -2.25. The quantitative estimate of drug-likeness (QED) is 0.232. The molecule has 2 aromatic carbocycles. The zero-order valence-electron chi connectivity index (χ0n) is 20.9. The van der Waals surface area contributed by atoms with Crippen LogP contribution >= 0.6 is 19.6 Å². The molecule has 0 aromatic heterocycles. The van der Waals surface area contributed by atoms with Crippen LogP contribution < -0.4 is 10.1 Å². The number of carbonyl (C=O) groups is 2. The van der Waals surface area contributed by atoms with Crippen LogP contribution in [0.3, 0.4) is 0 Å². The summed E-state index contributed by atoms with van der Waals surface area (Å²) in [6.07, 6.45) is -0.234. The summed E-state index contributed by atoms with van der Waals surface area (Å²) >= 11 is 1.00. The van der Waals surface area contributed by atoms with Crippen LogP contribution in [0.1, 0.15) is 36.6 Å². The highest BCUT2D eigenvalue weighted by molar-refractivity contribution is 8.15. The summed E-state index contributed by atoms with van der Waals surface area (Å²) in [4.78, 5) is 23.1. The molecule has 2 atom stereocenters. The van der Waals surface area contributed by atoms with Crippen LogP contribution in [0, 0.1) is 6.92 Å². The van der Waals surface area contributed by atoms with E-state index in [-0.39, 0.29) is 31.0 Å². The standard InChI is InChI=1S/C23H28NO7PS.H2O4S/c1-4-29-32(27,30-5-2)31-20(18-10-6-16(3)7-11-18)15-28-19-12-8-17(9-13-19)14-21-22(25)24-23(26)33-21;1-5(2,3)4/h6-13,20-21H,4-5,14-15H2,1-3H3,(H,24,25,26);(H2,1,2,3,4). The van der Waals surface area contributed by atoms with E-state index in [9.17, 15) is 14.2 Å². The summed E-state index contributed by atoms with van der Waals surface area (Å²) in [7, 11) is -8.42. The number of phosphoric ester groups is 1. The number of hydrogen-bond donors (Lipinski definition) is 3. The van der Waals surface area contributed by atoms with Crippen molar-refractivity contribution in [3.05, 3.63) is 65.2 Å². The molecular formula is C23H30NO11PS2. The van der Waals surface area contributed by atoms with E-state index in [1.165, 1.54) is 0 Å². The van der Waals surface area contributed by atoms with Crippen molar-refractivity contribution in [2.45, 2.75) is 38.5 Å². The van der Waals surface area contributed by atoms with Crippen molar-refractivity contribution in [1.82, 2.24) is 5.32 Å². The fraction of sp³-hybridized carbons (Fsp3) is 0.391. The van der Waals surface area contributed by atoms with Gasteiger partial charge in [-0.05, 0) is 50.5 Å². The third-order valence-corrected chi connectivity index (χ3v) is 7.44. The zero-order valence-corrected chi connectivity index (χ0v) is 23.5. The number of thioether (sulfide) groups is 1. The molecule has 1 aliphatic rings. The molecule has 2 amide bonds. The fourth-order valence-corrected chi connectivity index (χ4v) is 5.36. The summed E-state index contributed by atoms with van der Waals surface area (Å²) in [6, 6.07) is 14.9. The van der Waals surface area contributed by atoms with Crippen molar-refractivity contribution >= 4 is 41.1 Å². The summed E-state index contributed by atoms with van der Waals surface area (Å²) in [6.45, 7) is 5.87. The molecule has 12 nitrogen and oxygen atoms in total. The minimum Gasteiger partial charge on any atom is -0.491 e. The summed E-state index contributed by atoms with van der Waals surface area (Å²) in [5.74, 6) is 0.318. The topological polar surface area (TPSA) is 175 Å². The molecule has 0 aliphatic carbocycles. The van der Waals surface area contributed by atoms with Gasteiger partial charge in [0.1, 0.15) is 18.5 Å². The molecule has 3 rings (SSSR count). The van der Waals surface area contributed by atoms with Gasteiger partial charge in [-0.15, -0.1) is 0 Å². The number of imide groups is 1. The third kappa shape index (κ3) is 11.6. The summed E-state index contributed by atoms with van der Waals surface area (Å²) in [5.41, 5.74) is 2.78. The first kappa shape index (κ1) is 31.9. The van der Waals surface area contributed by atoms with Crippen LogP contribution in [-0.2, 0) is 39.8 Å². The normalized spacial score (nSPS) is 16.4. The Morgan fingerprint density at radius 3 is 2.03 bits per heavy atom. The Hall–Kier alpha value is -2.29. The minimum absolute atomic E-state index is 0.0852. The van der Waals surface area contributed by atoms with Gasteiger partial charge in [-0.3, -0.25) is 37.6 Å². The second kappa shape index (κ2) is 14.8. The van der Waals surface area contributed by atoms with Crippen LogP contribution in [0.25, 0.3) is 0 Å². The van der Waals surface area contributed by atoms with Gasteiger partial charge in [0.15, 0.2) is 0 Å². The number of ether oxygens (including phenoxy) is 1. The second-order valence-corrected chi connectivity index (χ2v) is 11.5. The fourth-order valence-electron chi connectivity index (χ4n) is 3.17. The second-order valence-electron chi connectivity index (χ2n) is 7.78. The van der Waals surface area contributed by atoms with Gasteiger partial charge in [0.25, 0.3) is 5.24 Å². The first-order valence-electron chi connectivity index (χ1n) is 11.4. The predicted molar refractivity (Wildman–Crippen MR) is 141 cm³/mol. The molecule has 0 bridgehead atoms. The summed E-state index contributed by atoms with van der Waals surface area (Å²) < 4.78 is 66.8. The van der Waals surface area contributed by atoms with Crippen molar-refractivity contribution in [2.75, 3.05) is 19.8 Å². The Kier molecular flexibility index (Phi) is 12.4. The molecule has 1 saturated heterocycles. The number of hydrogen-bond acceptors (Lipinski definition) is 10. The van der Waals surface area contributed by atoms with Crippen molar-refractivity contribution in [3.63, 3.8) is 0 Å². The molecule has 2 unspecified atom stereocenters. The van der Waals surface area contributed by atoms with Crippen molar-refractivity contribution < 1.29 is 50.0 Å². The van der Waals surface area contributed by atoms with Gasteiger partial charge < -0.3 is 4.74 Å². The molecule has 1 fully saturated rings. The Balaban J connectivity index is 0.000000926. The first-order chi connectivity index (χ1) is 17.8. The van der Waals surface area contributed by atoms with Crippen molar-refractivity contribution in [2.24, 2.45) is 0 Å². The molecule has 0 saturated carbocycles. The average molecular weight is 592 g/mol. The van der Waals surface area contributed by atoms with E-state index in [0.29, 0.717) is 12.2 Å². The molecule has 210 valence electrons. The maximum atomic E-state index is 13.0. The molecule has 1 heterocycles. The Morgan fingerprint density at radius 2 is 1.55 bits per heavy atom. The molecule has 1 aliphatic heterocycles. The number of aryl methyl sites for hydroxylation is 1. The SMILES string of the molecule is CCOP(=O)(OCC)OC(COc1ccc(CC2SC(=O)NC2=O)cc1)c1ccc(C)cc1.O=S(=O)(O)O. The Morgan fingerprint density at radius 1 is 1.00 bits per heavy atom. The van der Waals surface area contributed by atoms with Crippen LogP contribution in [0.2, 0.25) is 0 Å². The highest BCUT2D eigenvalue weighted by Crippen LogP contribution is 2.53. The third-order valence-electron chi connectivity index (χ3n) is 4.79. The number of carbonyl (C=O) groups excluding carboxylic acids is 2. The van der Waals surface area contributed by atoms with Gasteiger partial charge in [0.05, 0.1) is 18.5 Å². The molecule has 2 aromatic rings. The van der Waals surface area contributed by atoms with E-state index in [0.717, 1.165) is 28.5 Å². The maximum Gasteiger partial charge on any atom is 0.475 e. The lowest BCUT2D eigenvalue weighted by molar-refractivity contribution is -0.118. The van der Waals surface area contributed by atoms with Crippen LogP contribution in [0.5, 0.6) is 5.75 Å². The predicted octanol–water partition coefficient (Wildman–Crippen LogP) is 4.55. The number of benzene rings is 2. The van der Waals surface area contributed by atoms with E-state index in [1.54, 1.807) is 26.0 Å².